The van der Waals surface area contributed by atoms with Gasteiger partial charge in [-0.1, -0.05) is 24.1 Å². The lowest BCUT2D eigenvalue weighted by Crippen LogP contribution is -1.99. The fraction of sp³-hybridized carbons (Fsp3) is 0.333. The third kappa shape index (κ3) is 2.87. The molecule has 0 amide bonds. The van der Waals surface area contributed by atoms with Crippen molar-refractivity contribution in [3.63, 3.8) is 0 Å². The van der Waals surface area contributed by atoms with Gasteiger partial charge in [-0.05, 0) is 67.5 Å². The van der Waals surface area contributed by atoms with E-state index in [0.717, 1.165) is 45.1 Å². The molecule has 0 saturated heterocycles. The van der Waals surface area contributed by atoms with Gasteiger partial charge in [-0.15, -0.1) is 11.3 Å². The zero-order valence-electron chi connectivity index (χ0n) is 13.3. The van der Waals surface area contributed by atoms with E-state index in [0.29, 0.717) is 0 Å². The molecule has 1 aliphatic carbocycles. The summed E-state index contributed by atoms with van der Waals surface area (Å²) in [4.78, 5) is 11.4. The minimum absolute atomic E-state index is 0.279. The van der Waals surface area contributed by atoms with E-state index in [1.807, 2.05) is 25.1 Å². The predicted octanol–water partition coefficient (Wildman–Crippen LogP) is 6.32. The van der Waals surface area contributed by atoms with Gasteiger partial charge in [0.2, 0.25) is 5.28 Å². The molecule has 1 aromatic carbocycles. The number of aryl methyl sites for hydroxylation is 2. The van der Waals surface area contributed by atoms with Crippen molar-refractivity contribution < 1.29 is 0 Å². The quantitative estimate of drug-likeness (QED) is 0.419. The number of aromatic nitrogens is 2. The third-order valence-corrected chi connectivity index (χ3v) is 6.32. The van der Waals surface area contributed by atoms with Crippen LogP contribution in [0.4, 0.5) is 11.5 Å². The number of fused-ring (bicyclic) bond motifs is 3. The second kappa shape index (κ2) is 6.51. The van der Waals surface area contributed by atoms with Gasteiger partial charge in [0.15, 0.2) is 0 Å². The molecule has 6 heteroatoms. The molecule has 0 spiro atoms. The van der Waals surface area contributed by atoms with E-state index in [9.17, 15) is 0 Å². The number of nitrogens with zero attached hydrogens (tertiary/aromatic N) is 2. The van der Waals surface area contributed by atoms with Gasteiger partial charge in [0.05, 0.1) is 5.39 Å². The normalized spacial score (nSPS) is 14.5. The summed E-state index contributed by atoms with van der Waals surface area (Å²) in [5.41, 5.74) is 3.35. The zero-order valence-corrected chi connectivity index (χ0v) is 15.7. The van der Waals surface area contributed by atoms with Gasteiger partial charge in [-0.2, -0.15) is 4.98 Å². The topological polar surface area (TPSA) is 37.8 Å². The molecular weight excluding hydrogens is 361 g/mol. The van der Waals surface area contributed by atoms with Crippen molar-refractivity contribution in [2.75, 3.05) is 5.32 Å². The summed E-state index contributed by atoms with van der Waals surface area (Å²) in [7, 11) is 0. The largest absolute Gasteiger partial charge is 0.339 e. The lowest BCUT2D eigenvalue weighted by molar-refractivity contribution is 0.713. The number of halogens is 2. The summed E-state index contributed by atoms with van der Waals surface area (Å²) in [5, 5.41) is 5.58. The molecular formula is C18H17Cl2N3S. The maximum absolute atomic E-state index is 6.25. The van der Waals surface area contributed by atoms with E-state index in [1.165, 1.54) is 29.7 Å². The van der Waals surface area contributed by atoms with Crippen molar-refractivity contribution in [3.8, 4) is 0 Å². The van der Waals surface area contributed by atoms with Gasteiger partial charge in [0.1, 0.15) is 10.6 Å². The molecule has 0 fully saturated rings. The molecule has 1 aliphatic rings. The Morgan fingerprint density at radius 1 is 1.08 bits per heavy atom. The molecule has 0 atom stereocenters. The minimum atomic E-state index is 0.279. The highest BCUT2D eigenvalue weighted by Crippen LogP contribution is 2.39. The van der Waals surface area contributed by atoms with Gasteiger partial charge < -0.3 is 5.32 Å². The number of hydrogen-bond acceptors (Lipinski definition) is 4. The van der Waals surface area contributed by atoms with E-state index < -0.39 is 0 Å². The number of hydrogen-bond donors (Lipinski definition) is 1. The van der Waals surface area contributed by atoms with Crippen molar-refractivity contribution in [3.05, 3.63) is 44.5 Å². The Morgan fingerprint density at radius 3 is 2.79 bits per heavy atom. The van der Waals surface area contributed by atoms with Gasteiger partial charge in [-0.25, -0.2) is 4.98 Å². The molecule has 0 bridgehead atoms. The summed E-state index contributed by atoms with van der Waals surface area (Å²) in [6, 6.07) is 5.83. The smallest absolute Gasteiger partial charge is 0.225 e. The molecule has 124 valence electrons. The molecule has 24 heavy (non-hydrogen) atoms. The van der Waals surface area contributed by atoms with Gasteiger partial charge in [0.25, 0.3) is 0 Å². The molecule has 2 aromatic heterocycles. The van der Waals surface area contributed by atoms with Crippen molar-refractivity contribution in [1.82, 2.24) is 9.97 Å². The van der Waals surface area contributed by atoms with Crippen molar-refractivity contribution in [2.24, 2.45) is 0 Å². The fourth-order valence-corrected chi connectivity index (χ4v) is 4.92. The lowest BCUT2D eigenvalue weighted by Gasteiger charge is -2.12. The van der Waals surface area contributed by atoms with E-state index in [-0.39, 0.29) is 5.28 Å². The Morgan fingerprint density at radius 2 is 1.92 bits per heavy atom. The highest BCUT2D eigenvalue weighted by molar-refractivity contribution is 7.19. The molecule has 3 aromatic rings. The van der Waals surface area contributed by atoms with E-state index in [1.54, 1.807) is 11.3 Å². The molecule has 0 radical (unpaired) electrons. The molecule has 0 aliphatic heterocycles. The Hall–Kier alpha value is -1.36. The van der Waals surface area contributed by atoms with Crippen LogP contribution in [0.2, 0.25) is 10.3 Å². The number of benzene rings is 1. The van der Waals surface area contributed by atoms with Gasteiger partial charge in [-0.3, -0.25) is 0 Å². The summed E-state index contributed by atoms with van der Waals surface area (Å²) < 4.78 is 0. The average molecular weight is 378 g/mol. The van der Waals surface area contributed by atoms with Gasteiger partial charge >= 0.3 is 0 Å². The molecule has 0 unspecified atom stereocenters. The number of nitrogens with one attached hydrogen (secondary N) is 1. The standard InChI is InChI=1S/C18H17Cl2N3S/c1-10-12(19)7-5-8-13(10)21-16-15-11-6-3-2-4-9-14(11)24-17(15)23-18(20)22-16/h5,7-8H,2-4,6,9H2,1H3,(H,21,22,23). The highest BCUT2D eigenvalue weighted by Gasteiger charge is 2.20. The Labute approximate surface area is 155 Å². The molecule has 2 heterocycles. The average Bonchev–Trinajstić information content (AvgIpc) is 2.73. The van der Waals surface area contributed by atoms with Crippen LogP contribution in [0.15, 0.2) is 18.2 Å². The first kappa shape index (κ1) is 16.1. The highest BCUT2D eigenvalue weighted by atomic mass is 35.5. The Kier molecular flexibility index (Phi) is 4.37. The zero-order chi connectivity index (χ0) is 16.7. The van der Waals surface area contributed by atoms with Crippen molar-refractivity contribution in [2.45, 2.75) is 39.0 Å². The van der Waals surface area contributed by atoms with Crippen LogP contribution in [-0.4, -0.2) is 9.97 Å². The predicted molar refractivity (Wildman–Crippen MR) is 103 cm³/mol. The van der Waals surface area contributed by atoms with E-state index >= 15 is 0 Å². The fourth-order valence-electron chi connectivity index (χ4n) is 3.27. The second-order valence-electron chi connectivity index (χ2n) is 6.12. The van der Waals surface area contributed by atoms with Crippen molar-refractivity contribution >= 4 is 56.3 Å². The summed E-state index contributed by atoms with van der Waals surface area (Å²) in [6.45, 7) is 2.00. The van der Waals surface area contributed by atoms with Crippen LogP contribution in [0.5, 0.6) is 0 Å². The monoisotopic (exact) mass is 377 g/mol. The number of rotatable bonds is 2. The first-order chi connectivity index (χ1) is 11.6. The molecule has 3 nitrogen and oxygen atoms in total. The van der Waals surface area contributed by atoms with Crippen molar-refractivity contribution in [1.29, 1.82) is 0 Å². The lowest BCUT2D eigenvalue weighted by atomic mass is 10.1. The third-order valence-electron chi connectivity index (χ3n) is 4.56. The summed E-state index contributed by atoms with van der Waals surface area (Å²) in [6.07, 6.45) is 5.97. The van der Waals surface area contributed by atoms with E-state index in [4.69, 9.17) is 23.2 Å². The van der Waals surface area contributed by atoms with Crippen LogP contribution in [0.25, 0.3) is 10.2 Å². The van der Waals surface area contributed by atoms with Crippen LogP contribution in [0.1, 0.15) is 35.3 Å². The Balaban J connectivity index is 1.88. The first-order valence-electron chi connectivity index (χ1n) is 8.13. The number of anilines is 2. The van der Waals surface area contributed by atoms with Crippen LogP contribution in [-0.2, 0) is 12.8 Å². The van der Waals surface area contributed by atoms with E-state index in [2.05, 4.69) is 15.3 Å². The first-order valence-corrected chi connectivity index (χ1v) is 9.70. The maximum Gasteiger partial charge on any atom is 0.225 e. The number of thiophene rings is 1. The second-order valence-corrected chi connectivity index (χ2v) is 7.95. The summed E-state index contributed by atoms with van der Waals surface area (Å²) >= 11 is 14.2. The molecule has 4 rings (SSSR count). The maximum atomic E-state index is 6.25. The minimum Gasteiger partial charge on any atom is -0.339 e. The Bertz CT molecular complexity index is 920. The van der Waals surface area contributed by atoms with Crippen LogP contribution >= 0.6 is 34.5 Å². The van der Waals surface area contributed by atoms with Crippen LogP contribution < -0.4 is 5.32 Å². The summed E-state index contributed by atoms with van der Waals surface area (Å²) in [5.74, 6) is 0.787. The van der Waals surface area contributed by atoms with Crippen LogP contribution in [0, 0.1) is 6.92 Å². The van der Waals surface area contributed by atoms with Gasteiger partial charge in [0, 0.05) is 15.6 Å². The SMILES string of the molecule is Cc1c(Cl)cccc1Nc1nc(Cl)nc2sc3c(c12)CCCCC3. The van der Waals surface area contributed by atoms with Crippen LogP contribution in [0.3, 0.4) is 0 Å². The molecule has 0 saturated carbocycles. The molecule has 1 N–H and O–H groups in total.